The Bertz CT molecular complexity index is 529. The third-order valence-electron chi connectivity index (χ3n) is 2.58. The Hall–Kier alpha value is -2.25. The SMILES string of the molecule is Cc1ccc(C(F)(F)F)cc1NC(C)C(=O)NC(N)=O. The number of anilines is 1. The molecule has 0 saturated carbocycles. The number of urea groups is 1. The second kappa shape index (κ2) is 5.81. The molecule has 0 saturated heterocycles. The third kappa shape index (κ3) is 4.15. The lowest BCUT2D eigenvalue weighted by atomic mass is 10.1. The molecule has 1 rings (SSSR count). The zero-order valence-corrected chi connectivity index (χ0v) is 10.8. The van der Waals surface area contributed by atoms with Gasteiger partial charge in [-0.05, 0) is 31.5 Å². The van der Waals surface area contributed by atoms with E-state index in [0.717, 1.165) is 12.1 Å². The van der Waals surface area contributed by atoms with E-state index >= 15 is 0 Å². The maximum absolute atomic E-state index is 12.6. The predicted molar refractivity (Wildman–Crippen MR) is 67.0 cm³/mol. The van der Waals surface area contributed by atoms with Gasteiger partial charge in [-0.1, -0.05) is 6.07 Å². The number of carbonyl (C=O) groups excluding carboxylic acids is 2. The Labute approximate surface area is 113 Å². The highest BCUT2D eigenvalue weighted by atomic mass is 19.4. The number of hydrogen-bond donors (Lipinski definition) is 3. The molecule has 5 nitrogen and oxygen atoms in total. The Morgan fingerprint density at radius 1 is 1.30 bits per heavy atom. The number of amides is 3. The average molecular weight is 289 g/mol. The van der Waals surface area contributed by atoms with Crippen LogP contribution in [0.15, 0.2) is 18.2 Å². The Balaban J connectivity index is 2.92. The molecule has 1 atom stereocenters. The summed E-state index contributed by atoms with van der Waals surface area (Å²) in [5, 5.41) is 4.45. The highest BCUT2D eigenvalue weighted by molar-refractivity contribution is 5.97. The van der Waals surface area contributed by atoms with E-state index in [2.05, 4.69) is 5.32 Å². The summed E-state index contributed by atoms with van der Waals surface area (Å²) in [7, 11) is 0. The van der Waals surface area contributed by atoms with Crippen LogP contribution in [0.5, 0.6) is 0 Å². The number of imide groups is 1. The van der Waals surface area contributed by atoms with Gasteiger partial charge < -0.3 is 11.1 Å². The van der Waals surface area contributed by atoms with Gasteiger partial charge in [0.25, 0.3) is 0 Å². The van der Waals surface area contributed by atoms with E-state index in [-0.39, 0.29) is 5.69 Å². The Morgan fingerprint density at radius 3 is 2.40 bits per heavy atom. The molecule has 3 amide bonds. The molecule has 0 heterocycles. The minimum absolute atomic E-state index is 0.159. The highest BCUT2D eigenvalue weighted by Crippen LogP contribution is 2.32. The van der Waals surface area contributed by atoms with Crippen LogP contribution in [0.1, 0.15) is 18.1 Å². The summed E-state index contributed by atoms with van der Waals surface area (Å²) in [6, 6.07) is 1.22. The van der Waals surface area contributed by atoms with Crippen molar-refractivity contribution in [2.45, 2.75) is 26.1 Å². The van der Waals surface area contributed by atoms with E-state index < -0.39 is 29.7 Å². The molecule has 0 radical (unpaired) electrons. The molecule has 1 aromatic rings. The lowest BCUT2D eigenvalue weighted by Crippen LogP contribution is -2.43. The molecule has 0 fully saturated rings. The minimum Gasteiger partial charge on any atom is -0.374 e. The van der Waals surface area contributed by atoms with Crippen molar-refractivity contribution in [2.24, 2.45) is 5.73 Å². The van der Waals surface area contributed by atoms with Gasteiger partial charge in [0.05, 0.1) is 5.56 Å². The molecule has 1 unspecified atom stereocenters. The van der Waals surface area contributed by atoms with Crippen molar-refractivity contribution in [3.63, 3.8) is 0 Å². The van der Waals surface area contributed by atoms with Gasteiger partial charge in [0.15, 0.2) is 0 Å². The average Bonchev–Trinajstić information content (AvgIpc) is 2.29. The van der Waals surface area contributed by atoms with Crippen molar-refractivity contribution in [1.82, 2.24) is 5.32 Å². The standard InChI is InChI=1S/C12H14F3N3O2/c1-6-3-4-8(12(13,14)15)5-9(6)17-7(2)10(19)18-11(16)20/h3-5,7,17H,1-2H3,(H3,16,18,19,20). The van der Waals surface area contributed by atoms with E-state index in [0.29, 0.717) is 5.56 Å². The number of benzene rings is 1. The summed E-state index contributed by atoms with van der Waals surface area (Å²) in [4.78, 5) is 22.0. The van der Waals surface area contributed by atoms with Gasteiger partial charge >= 0.3 is 12.2 Å². The van der Waals surface area contributed by atoms with Gasteiger partial charge in [0, 0.05) is 5.69 Å². The number of hydrogen-bond acceptors (Lipinski definition) is 3. The normalized spacial score (nSPS) is 12.7. The molecule has 0 spiro atoms. The molecular formula is C12H14F3N3O2. The fraction of sp³-hybridized carbons (Fsp3) is 0.333. The van der Waals surface area contributed by atoms with Crippen molar-refractivity contribution in [3.05, 3.63) is 29.3 Å². The molecule has 0 aliphatic heterocycles. The van der Waals surface area contributed by atoms with Gasteiger partial charge in [-0.2, -0.15) is 13.2 Å². The highest BCUT2D eigenvalue weighted by Gasteiger charge is 2.31. The Morgan fingerprint density at radius 2 is 1.90 bits per heavy atom. The lowest BCUT2D eigenvalue weighted by molar-refractivity contribution is -0.137. The number of alkyl halides is 3. The molecule has 0 aliphatic rings. The number of nitrogens with two attached hydrogens (primary N) is 1. The summed E-state index contributed by atoms with van der Waals surface area (Å²) in [6.07, 6.45) is -4.47. The molecular weight excluding hydrogens is 275 g/mol. The number of primary amides is 1. The van der Waals surface area contributed by atoms with Crippen molar-refractivity contribution >= 4 is 17.6 Å². The first-order chi connectivity index (χ1) is 9.11. The van der Waals surface area contributed by atoms with Crippen molar-refractivity contribution in [2.75, 3.05) is 5.32 Å². The quantitative estimate of drug-likeness (QED) is 0.795. The molecule has 0 aromatic heterocycles. The largest absolute Gasteiger partial charge is 0.416 e. The summed E-state index contributed by atoms with van der Waals surface area (Å²) >= 11 is 0. The lowest BCUT2D eigenvalue weighted by Gasteiger charge is -2.17. The molecule has 20 heavy (non-hydrogen) atoms. The molecule has 0 aliphatic carbocycles. The van der Waals surface area contributed by atoms with E-state index in [1.807, 2.05) is 5.32 Å². The third-order valence-corrected chi connectivity index (χ3v) is 2.58. The van der Waals surface area contributed by atoms with Crippen LogP contribution in [-0.4, -0.2) is 18.0 Å². The van der Waals surface area contributed by atoms with Gasteiger partial charge in [0.2, 0.25) is 5.91 Å². The number of rotatable bonds is 3. The first kappa shape index (κ1) is 15.8. The number of nitrogens with one attached hydrogen (secondary N) is 2. The maximum Gasteiger partial charge on any atom is 0.416 e. The Kier molecular flexibility index (Phi) is 4.59. The fourth-order valence-electron chi connectivity index (χ4n) is 1.48. The molecule has 8 heteroatoms. The zero-order chi connectivity index (χ0) is 15.5. The van der Waals surface area contributed by atoms with E-state index in [1.165, 1.54) is 13.0 Å². The first-order valence-corrected chi connectivity index (χ1v) is 5.66. The van der Waals surface area contributed by atoms with E-state index in [4.69, 9.17) is 5.73 Å². The van der Waals surface area contributed by atoms with Gasteiger partial charge in [-0.15, -0.1) is 0 Å². The zero-order valence-electron chi connectivity index (χ0n) is 10.8. The summed E-state index contributed by atoms with van der Waals surface area (Å²) < 4.78 is 37.8. The number of aryl methyl sites for hydroxylation is 1. The van der Waals surface area contributed by atoms with Crippen molar-refractivity contribution in [3.8, 4) is 0 Å². The monoisotopic (exact) mass is 289 g/mol. The van der Waals surface area contributed by atoms with Crippen molar-refractivity contribution < 1.29 is 22.8 Å². The number of halogens is 3. The van der Waals surface area contributed by atoms with Gasteiger partial charge in [-0.3, -0.25) is 10.1 Å². The number of carbonyl (C=O) groups is 2. The summed E-state index contributed by atoms with van der Waals surface area (Å²) in [5.41, 5.74) is 4.66. The fourth-order valence-corrected chi connectivity index (χ4v) is 1.48. The van der Waals surface area contributed by atoms with Crippen LogP contribution >= 0.6 is 0 Å². The maximum atomic E-state index is 12.6. The first-order valence-electron chi connectivity index (χ1n) is 5.66. The van der Waals surface area contributed by atoms with Crippen molar-refractivity contribution in [1.29, 1.82) is 0 Å². The molecule has 4 N–H and O–H groups in total. The predicted octanol–water partition coefficient (Wildman–Crippen LogP) is 2.01. The second-order valence-corrected chi connectivity index (χ2v) is 4.25. The van der Waals surface area contributed by atoms with E-state index in [1.54, 1.807) is 6.92 Å². The van der Waals surface area contributed by atoms with Crippen LogP contribution in [0.3, 0.4) is 0 Å². The van der Waals surface area contributed by atoms with Crippen LogP contribution in [0.25, 0.3) is 0 Å². The van der Waals surface area contributed by atoms with Gasteiger partial charge in [0.1, 0.15) is 6.04 Å². The van der Waals surface area contributed by atoms with Gasteiger partial charge in [-0.25, -0.2) is 4.79 Å². The second-order valence-electron chi connectivity index (χ2n) is 4.25. The van der Waals surface area contributed by atoms with Crippen LogP contribution in [0, 0.1) is 6.92 Å². The van der Waals surface area contributed by atoms with Crippen LogP contribution < -0.4 is 16.4 Å². The summed E-state index contributed by atoms with van der Waals surface area (Å²) in [5.74, 6) is -0.727. The van der Waals surface area contributed by atoms with E-state index in [9.17, 15) is 22.8 Å². The minimum atomic E-state index is -4.47. The topological polar surface area (TPSA) is 84.2 Å². The molecule has 110 valence electrons. The van der Waals surface area contributed by atoms with Crippen LogP contribution in [0.2, 0.25) is 0 Å². The molecule has 1 aromatic carbocycles. The van der Waals surface area contributed by atoms with Crippen LogP contribution in [0.4, 0.5) is 23.7 Å². The summed E-state index contributed by atoms with van der Waals surface area (Å²) in [6.45, 7) is 3.00. The van der Waals surface area contributed by atoms with Crippen LogP contribution in [-0.2, 0) is 11.0 Å². The smallest absolute Gasteiger partial charge is 0.374 e. The molecule has 0 bridgehead atoms.